The van der Waals surface area contributed by atoms with Crippen LogP contribution < -0.4 is 5.32 Å². The number of H-pyrrole nitrogens is 1. The number of urea groups is 1. The molecule has 1 aliphatic rings. The molecule has 27 heavy (non-hydrogen) atoms. The molecular weight excluding hydrogens is 338 g/mol. The normalized spacial score (nSPS) is 16.9. The van der Waals surface area contributed by atoms with Gasteiger partial charge in [-0.2, -0.15) is 10.4 Å². The molecule has 0 saturated carbocycles. The second-order valence-electron chi connectivity index (χ2n) is 7.15. The predicted octanol–water partition coefficient (Wildman–Crippen LogP) is 4.37. The van der Waals surface area contributed by atoms with E-state index >= 15 is 0 Å². The predicted molar refractivity (Wildman–Crippen MR) is 105 cm³/mol. The maximum atomic E-state index is 12.5. The lowest BCUT2D eigenvalue weighted by atomic mass is 10.0. The summed E-state index contributed by atoms with van der Waals surface area (Å²) in [5.74, 6) is 1.08. The lowest BCUT2D eigenvalue weighted by Gasteiger charge is -2.30. The Kier molecular flexibility index (Phi) is 4.51. The molecule has 0 spiro atoms. The Morgan fingerprint density at radius 1 is 1.30 bits per heavy atom. The third-order valence-electron chi connectivity index (χ3n) is 5.06. The van der Waals surface area contributed by atoms with E-state index < -0.39 is 0 Å². The van der Waals surface area contributed by atoms with Crippen LogP contribution in [0.3, 0.4) is 0 Å². The Balaban J connectivity index is 1.57. The lowest BCUT2D eigenvalue weighted by molar-refractivity contribution is 0.182. The number of aromatic nitrogens is 2. The average molecular weight is 359 g/mol. The Hall–Kier alpha value is -3.33. The molecule has 2 aromatic carbocycles. The summed E-state index contributed by atoms with van der Waals surface area (Å²) in [6, 6.07) is 15.5. The minimum atomic E-state index is -0.0965. The summed E-state index contributed by atoms with van der Waals surface area (Å²) in [6.07, 6.45) is 2.21. The van der Waals surface area contributed by atoms with Gasteiger partial charge in [-0.1, -0.05) is 25.1 Å². The number of nitrogens with zero attached hydrogens (tertiary/aromatic N) is 3. The molecule has 6 nitrogen and oxygen atoms in total. The Bertz CT molecular complexity index is 1030. The van der Waals surface area contributed by atoms with Crippen molar-refractivity contribution >= 4 is 22.8 Å². The second-order valence-corrected chi connectivity index (χ2v) is 7.15. The fraction of sp³-hybridized carbons (Fsp3) is 0.286. The highest BCUT2D eigenvalue weighted by Gasteiger charge is 2.22. The van der Waals surface area contributed by atoms with Gasteiger partial charge in [-0.25, -0.2) is 4.79 Å². The first-order chi connectivity index (χ1) is 13.1. The summed E-state index contributed by atoms with van der Waals surface area (Å²) >= 11 is 0. The van der Waals surface area contributed by atoms with Gasteiger partial charge >= 0.3 is 6.03 Å². The number of carbonyl (C=O) groups excluding carboxylic acids is 1. The van der Waals surface area contributed by atoms with Gasteiger partial charge in [0.15, 0.2) is 5.82 Å². The molecule has 1 aliphatic heterocycles. The number of nitrogens with one attached hydrogen (secondary N) is 2. The maximum Gasteiger partial charge on any atom is 0.323 e. The molecule has 1 aromatic heterocycles. The topological polar surface area (TPSA) is 84.8 Å². The Morgan fingerprint density at radius 3 is 2.96 bits per heavy atom. The van der Waals surface area contributed by atoms with Crippen LogP contribution in [-0.2, 0) is 0 Å². The molecular formula is C21H21N5O. The minimum Gasteiger partial charge on any atom is -0.324 e. The molecule has 0 aliphatic carbocycles. The fourth-order valence-corrected chi connectivity index (χ4v) is 3.62. The quantitative estimate of drug-likeness (QED) is 0.713. The first-order valence-electron chi connectivity index (χ1n) is 9.18. The van der Waals surface area contributed by atoms with E-state index in [-0.39, 0.29) is 6.03 Å². The third-order valence-corrected chi connectivity index (χ3v) is 5.06. The van der Waals surface area contributed by atoms with Crippen molar-refractivity contribution in [3.63, 3.8) is 0 Å². The zero-order valence-electron chi connectivity index (χ0n) is 15.2. The van der Waals surface area contributed by atoms with Crippen LogP contribution in [0, 0.1) is 17.2 Å². The van der Waals surface area contributed by atoms with Crippen molar-refractivity contribution in [3.05, 3.63) is 48.0 Å². The van der Waals surface area contributed by atoms with E-state index in [0.29, 0.717) is 17.3 Å². The van der Waals surface area contributed by atoms with E-state index in [1.165, 1.54) is 6.42 Å². The maximum absolute atomic E-state index is 12.5. The van der Waals surface area contributed by atoms with Gasteiger partial charge in [-0.3, -0.25) is 10.4 Å². The minimum absolute atomic E-state index is 0.0965. The van der Waals surface area contributed by atoms with Crippen molar-refractivity contribution in [2.75, 3.05) is 18.4 Å². The van der Waals surface area contributed by atoms with Crippen molar-refractivity contribution in [1.82, 2.24) is 15.1 Å². The zero-order chi connectivity index (χ0) is 18.8. The number of rotatable bonds is 2. The van der Waals surface area contributed by atoms with E-state index in [1.807, 2.05) is 41.3 Å². The first-order valence-corrected chi connectivity index (χ1v) is 9.18. The zero-order valence-corrected chi connectivity index (χ0v) is 15.2. The van der Waals surface area contributed by atoms with E-state index in [1.54, 1.807) is 6.07 Å². The van der Waals surface area contributed by atoms with E-state index in [9.17, 15) is 4.79 Å². The van der Waals surface area contributed by atoms with Gasteiger partial charge < -0.3 is 4.90 Å². The van der Waals surface area contributed by atoms with Crippen molar-refractivity contribution in [2.45, 2.75) is 19.8 Å². The third kappa shape index (κ3) is 3.49. The number of hydrogen-bond acceptors (Lipinski definition) is 3. The molecule has 0 radical (unpaired) electrons. The molecule has 2 amide bonds. The van der Waals surface area contributed by atoms with Gasteiger partial charge in [0.1, 0.15) is 0 Å². The second kappa shape index (κ2) is 7.12. The molecule has 136 valence electrons. The van der Waals surface area contributed by atoms with Gasteiger partial charge in [0, 0.05) is 18.5 Å². The van der Waals surface area contributed by atoms with Crippen LogP contribution >= 0.6 is 0 Å². The monoisotopic (exact) mass is 359 g/mol. The van der Waals surface area contributed by atoms with Gasteiger partial charge in [-0.05, 0) is 54.2 Å². The standard InChI is InChI=1S/C21H21N5O/c1-14-4-3-9-26(13-14)21(27)23-20-18-8-7-17(11-19(18)24-25-20)16-6-2-5-15(10-16)12-22/h2,5-8,10-11,14H,3-4,9,13H2,1H3,(H2,23,24,25,27). The molecule has 4 rings (SSSR count). The summed E-state index contributed by atoms with van der Waals surface area (Å²) in [5, 5.41) is 20.2. The molecule has 1 atom stereocenters. The van der Waals surface area contributed by atoms with Crippen LogP contribution in [0.25, 0.3) is 22.0 Å². The number of anilines is 1. The highest BCUT2D eigenvalue weighted by Crippen LogP contribution is 2.28. The van der Waals surface area contributed by atoms with Crippen molar-refractivity contribution in [1.29, 1.82) is 5.26 Å². The first kappa shape index (κ1) is 17.1. The van der Waals surface area contributed by atoms with Gasteiger partial charge in [0.05, 0.1) is 17.1 Å². The molecule has 3 aromatic rings. The van der Waals surface area contributed by atoms with Crippen LogP contribution in [0.2, 0.25) is 0 Å². The summed E-state index contributed by atoms with van der Waals surface area (Å²) < 4.78 is 0. The average Bonchev–Trinajstić information content (AvgIpc) is 3.10. The fourth-order valence-electron chi connectivity index (χ4n) is 3.62. The molecule has 1 saturated heterocycles. The van der Waals surface area contributed by atoms with E-state index in [4.69, 9.17) is 5.26 Å². The number of amides is 2. The van der Waals surface area contributed by atoms with Crippen LogP contribution in [0.15, 0.2) is 42.5 Å². The van der Waals surface area contributed by atoms with Gasteiger partial charge in [0.2, 0.25) is 0 Å². The van der Waals surface area contributed by atoms with E-state index in [2.05, 4.69) is 28.5 Å². The number of likely N-dealkylation sites (tertiary alicyclic amines) is 1. The van der Waals surface area contributed by atoms with Gasteiger partial charge in [-0.15, -0.1) is 0 Å². The molecule has 1 unspecified atom stereocenters. The number of carbonyl (C=O) groups is 1. The number of nitriles is 1. The molecule has 6 heteroatoms. The van der Waals surface area contributed by atoms with E-state index in [0.717, 1.165) is 41.5 Å². The summed E-state index contributed by atoms with van der Waals surface area (Å²) in [6.45, 7) is 3.75. The number of benzene rings is 2. The summed E-state index contributed by atoms with van der Waals surface area (Å²) in [7, 11) is 0. The number of fused-ring (bicyclic) bond motifs is 1. The molecule has 1 fully saturated rings. The summed E-state index contributed by atoms with van der Waals surface area (Å²) in [5.41, 5.74) is 3.43. The number of aromatic amines is 1. The van der Waals surface area contributed by atoms with Crippen LogP contribution in [0.5, 0.6) is 0 Å². The molecule has 2 heterocycles. The van der Waals surface area contributed by atoms with Gasteiger partial charge in [0.25, 0.3) is 0 Å². The smallest absolute Gasteiger partial charge is 0.323 e. The Morgan fingerprint density at radius 2 is 2.15 bits per heavy atom. The highest BCUT2D eigenvalue weighted by atomic mass is 16.2. The van der Waals surface area contributed by atoms with Crippen molar-refractivity contribution < 1.29 is 4.79 Å². The molecule has 2 N–H and O–H groups in total. The lowest BCUT2D eigenvalue weighted by Crippen LogP contribution is -2.41. The number of piperidine rings is 1. The highest BCUT2D eigenvalue weighted by molar-refractivity contribution is 6.00. The van der Waals surface area contributed by atoms with Crippen molar-refractivity contribution in [2.24, 2.45) is 5.92 Å². The number of hydrogen-bond donors (Lipinski definition) is 2. The van der Waals surface area contributed by atoms with Crippen LogP contribution in [0.1, 0.15) is 25.3 Å². The summed E-state index contributed by atoms with van der Waals surface area (Å²) in [4.78, 5) is 14.4. The Labute approximate surface area is 157 Å². The van der Waals surface area contributed by atoms with Crippen LogP contribution in [-0.4, -0.2) is 34.2 Å². The van der Waals surface area contributed by atoms with Crippen LogP contribution in [0.4, 0.5) is 10.6 Å². The van der Waals surface area contributed by atoms with Crippen molar-refractivity contribution in [3.8, 4) is 17.2 Å². The SMILES string of the molecule is CC1CCCN(C(=O)Nc2n[nH]c3cc(-c4cccc(C#N)c4)ccc23)C1. The molecule has 0 bridgehead atoms. The largest absolute Gasteiger partial charge is 0.324 e.